The molecule has 0 atom stereocenters. The van der Waals surface area contributed by atoms with Crippen LogP contribution in [0.2, 0.25) is 0 Å². The summed E-state index contributed by atoms with van der Waals surface area (Å²) >= 11 is 0. The molecule has 1 aromatic carbocycles. The third-order valence-corrected chi connectivity index (χ3v) is 1.93. The van der Waals surface area contributed by atoms with Crippen molar-refractivity contribution in [1.82, 2.24) is 9.55 Å². The van der Waals surface area contributed by atoms with Crippen LogP contribution in [0.3, 0.4) is 0 Å². The van der Waals surface area contributed by atoms with Crippen LogP contribution < -0.4 is 11.4 Å². The van der Waals surface area contributed by atoms with E-state index < -0.39 is 0 Å². The molecule has 0 unspecified atom stereocenters. The summed E-state index contributed by atoms with van der Waals surface area (Å²) in [7, 11) is 1.71. The first-order valence-electron chi connectivity index (χ1n) is 4.63. The maximum Gasteiger partial charge on any atom is 0.326 e. The number of rotatable bonds is 0. The van der Waals surface area contributed by atoms with Gasteiger partial charge in [0.15, 0.2) is 0 Å². The smallest absolute Gasteiger partial charge is 0.326 e. The average molecular weight is 193 g/mol. The number of benzene rings is 1. The number of fused-ring (bicyclic) bond motifs is 1. The highest BCUT2D eigenvalue weighted by atomic mass is 16.1. The zero-order chi connectivity index (χ0) is 10.7. The second-order valence-electron chi connectivity index (χ2n) is 2.77. The fourth-order valence-electron chi connectivity index (χ4n) is 1.24. The van der Waals surface area contributed by atoms with Crippen molar-refractivity contribution in [1.29, 1.82) is 0 Å². The van der Waals surface area contributed by atoms with Crippen LogP contribution in [0.4, 0.5) is 5.69 Å². The molecule has 0 aliphatic carbocycles. The summed E-state index contributed by atoms with van der Waals surface area (Å²) in [5, 5.41) is 0. The van der Waals surface area contributed by atoms with E-state index in [0.717, 1.165) is 11.0 Å². The highest BCUT2D eigenvalue weighted by molar-refractivity contribution is 5.78. The summed E-state index contributed by atoms with van der Waals surface area (Å²) in [4.78, 5) is 13.8. The minimum atomic E-state index is -0.115. The van der Waals surface area contributed by atoms with E-state index >= 15 is 0 Å². The monoisotopic (exact) mass is 193 g/mol. The van der Waals surface area contributed by atoms with Crippen molar-refractivity contribution in [3.8, 4) is 0 Å². The Morgan fingerprint density at radius 3 is 2.64 bits per heavy atom. The van der Waals surface area contributed by atoms with Crippen LogP contribution in [0.1, 0.15) is 13.8 Å². The highest BCUT2D eigenvalue weighted by Crippen LogP contribution is 2.12. The van der Waals surface area contributed by atoms with Crippen molar-refractivity contribution in [2.24, 2.45) is 7.05 Å². The first kappa shape index (κ1) is 10.4. The summed E-state index contributed by atoms with van der Waals surface area (Å²) in [5.41, 5.74) is 7.77. The number of imidazole rings is 1. The van der Waals surface area contributed by atoms with Gasteiger partial charge in [0, 0.05) is 12.7 Å². The summed E-state index contributed by atoms with van der Waals surface area (Å²) in [5.74, 6) is 0. The zero-order valence-electron chi connectivity index (χ0n) is 8.66. The van der Waals surface area contributed by atoms with Crippen molar-refractivity contribution in [2.45, 2.75) is 13.8 Å². The number of aryl methyl sites for hydroxylation is 1. The summed E-state index contributed by atoms with van der Waals surface area (Å²) in [6.07, 6.45) is 0. The molecule has 0 saturated carbocycles. The summed E-state index contributed by atoms with van der Waals surface area (Å²) in [6.45, 7) is 4.00. The van der Waals surface area contributed by atoms with Gasteiger partial charge < -0.3 is 10.7 Å². The lowest BCUT2D eigenvalue weighted by atomic mass is 10.3. The van der Waals surface area contributed by atoms with E-state index in [2.05, 4.69) is 4.98 Å². The van der Waals surface area contributed by atoms with Gasteiger partial charge in [0.25, 0.3) is 0 Å². The number of nitrogens with two attached hydrogens (primary N) is 1. The number of hydrogen-bond acceptors (Lipinski definition) is 2. The van der Waals surface area contributed by atoms with E-state index in [9.17, 15) is 4.79 Å². The predicted octanol–water partition coefficient (Wildman–Crippen LogP) is 1.47. The van der Waals surface area contributed by atoms with Gasteiger partial charge in [-0.25, -0.2) is 4.79 Å². The molecule has 0 fully saturated rings. The number of nitrogen functional groups attached to an aromatic ring is 1. The molecular weight excluding hydrogens is 178 g/mol. The van der Waals surface area contributed by atoms with Gasteiger partial charge in [0.1, 0.15) is 0 Å². The minimum Gasteiger partial charge on any atom is -0.399 e. The topological polar surface area (TPSA) is 63.8 Å². The molecule has 4 heteroatoms. The summed E-state index contributed by atoms with van der Waals surface area (Å²) < 4.78 is 1.53. The van der Waals surface area contributed by atoms with Crippen LogP contribution in [-0.2, 0) is 7.05 Å². The number of hydrogen-bond donors (Lipinski definition) is 2. The van der Waals surface area contributed by atoms with Crippen molar-refractivity contribution >= 4 is 16.7 Å². The van der Waals surface area contributed by atoms with Crippen molar-refractivity contribution in [2.75, 3.05) is 5.73 Å². The largest absolute Gasteiger partial charge is 0.399 e. The number of H-pyrrole nitrogens is 1. The molecule has 76 valence electrons. The third kappa shape index (κ3) is 1.64. The molecule has 0 saturated heterocycles. The molecule has 0 spiro atoms. The van der Waals surface area contributed by atoms with Crippen molar-refractivity contribution in [3.05, 3.63) is 28.7 Å². The van der Waals surface area contributed by atoms with Gasteiger partial charge in [-0.2, -0.15) is 0 Å². The number of nitrogens with one attached hydrogen (secondary N) is 1. The minimum absolute atomic E-state index is 0.115. The van der Waals surface area contributed by atoms with Gasteiger partial charge in [-0.3, -0.25) is 4.57 Å². The molecule has 1 heterocycles. The van der Waals surface area contributed by atoms with E-state index in [0.29, 0.717) is 5.69 Å². The molecule has 0 radical (unpaired) electrons. The molecule has 4 nitrogen and oxygen atoms in total. The lowest BCUT2D eigenvalue weighted by Crippen LogP contribution is -2.11. The molecule has 0 aliphatic rings. The molecule has 1 aromatic heterocycles. The van der Waals surface area contributed by atoms with Gasteiger partial charge in [-0.1, -0.05) is 13.8 Å². The lowest BCUT2D eigenvalue weighted by Gasteiger charge is -1.94. The molecule has 2 rings (SSSR count). The quantitative estimate of drug-likeness (QED) is 0.622. The van der Waals surface area contributed by atoms with E-state index in [1.165, 1.54) is 4.57 Å². The number of aromatic amines is 1. The van der Waals surface area contributed by atoms with Crippen LogP contribution in [0.15, 0.2) is 23.0 Å². The second-order valence-corrected chi connectivity index (χ2v) is 2.77. The summed E-state index contributed by atoms with van der Waals surface area (Å²) in [6, 6.07) is 5.33. The predicted molar refractivity (Wildman–Crippen MR) is 59.3 cm³/mol. The van der Waals surface area contributed by atoms with Gasteiger partial charge in [0.2, 0.25) is 0 Å². The van der Waals surface area contributed by atoms with Gasteiger partial charge in [-0.05, 0) is 18.2 Å². The SMILES string of the molecule is CC.Cn1c(=O)[nH]c2ccc(N)cc21. The van der Waals surface area contributed by atoms with E-state index in [4.69, 9.17) is 5.73 Å². The first-order chi connectivity index (χ1) is 6.68. The van der Waals surface area contributed by atoms with E-state index in [1.54, 1.807) is 25.2 Å². The van der Waals surface area contributed by atoms with Crippen LogP contribution in [-0.4, -0.2) is 9.55 Å². The van der Waals surface area contributed by atoms with E-state index in [1.807, 2.05) is 13.8 Å². The van der Waals surface area contributed by atoms with Crippen molar-refractivity contribution in [3.63, 3.8) is 0 Å². The molecule has 0 amide bonds. The Labute approximate surface area is 82.4 Å². The Bertz CT molecular complexity index is 482. The molecule has 2 aromatic rings. The molecule has 0 bridgehead atoms. The maximum absolute atomic E-state index is 11.1. The lowest BCUT2D eigenvalue weighted by molar-refractivity contribution is 0.892. The normalized spacial score (nSPS) is 9.64. The van der Waals surface area contributed by atoms with Gasteiger partial charge >= 0.3 is 5.69 Å². The Balaban J connectivity index is 0.000000461. The Hall–Kier alpha value is -1.71. The number of anilines is 1. The molecular formula is C10H15N3O. The fraction of sp³-hybridized carbons (Fsp3) is 0.300. The van der Waals surface area contributed by atoms with Gasteiger partial charge in [-0.15, -0.1) is 0 Å². The molecule has 14 heavy (non-hydrogen) atoms. The Morgan fingerprint density at radius 1 is 1.36 bits per heavy atom. The molecule has 3 N–H and O–H groups in total. The van der Waals surface area contributed by atoms with Gasteiger partial charge in [0.05, 0.1) is 11.0 Å². The third-order valence-electron chi connectivity index (χ3n) is 1.93. The Morgan fingerprint density at radius 2 is 2.00 bits per heavy atom. The zero-order valence-corrected chi connectivity index (χ0v) is 8.66. The average Bonchev–Trinajstić information content (AvgIpc) is 2.48. The Kier molecular flexibility index (Phi) is 2.96. The number of nitrogens with zero attached hydrogens (tertiary/aromatic N) is 1. The first-order valence-corrected chi connectivity index (χ1v) is 4.63. The van der Waals surface area contributed by atoms with Crippen LogP contribution in [0.25, 0.3) is 11.0 Å². The number of aromatic nitrogens is 2. The van der Waals surface area contributed by atoms with Crippen LogP contribution in [0, 0.1) is 0 Å². The fourth-order valence-corrected chi connectivity index (χ4v) is 1.24. The standard InChI is InChI=1S/C8H9N3O.C2H6/c1-11-7-4-5(9)2-3-6(7)10-8(11)12;1-2/h2-4H,9H2,1H3,(H,10,12);1-2H3. The maximum atomic E-state index is 11.1. The second kappa shape index (κ2) is 4.00. The van der Waals surface area contributed by atoms with Crippen molar-refractivity contribution < 1.29 is 0 Å². The molecule has 0 aliphatic heterocycles. The van der Waals surface area contributed by atoms with Crippen LogP contribution in [0.5, 0.6) is 0 Å². The van der Waals surface area contributed by atoms with E-state index in [-0.39, 0.29) is 5.69 Å². The highest BCUT2D eigenvalue weighted by Gasteiger charge is 2.01. The van der Waals surface area contributed by atoms with Crippen LogP contribution >= 0.6 is 0 Å².